The Morgan fingerprint density at radius 1 is 1.46 bits per heavy atom. The van der Waals surface area contributed by atoms with Crippen molar-refractivity contribution in [3.8, 4) is 6.07 Å². The highest BCUT2D eigenvalue weighted by molar-refractivity contribution is 5.92. The van der Waals surface area contributed by atoms with Gasteiger partial charge in [-0.1, -0.05) is 0 Å². The van der Waals surface area contributed by atoms with Crippen LogP contribution in [-0.4, -0.2) is 39.6 Å². The van der Waals surface area contributed by atoms with Crippen LogP contribution in [0.4, 0.5) is 5.82 Å². The largest absolute Gasteiger partial charge is 0.353 e. The Morgan fingerprint density at radius 3 is 3.00 bits per heavy atom. The number of nitrogens with zero attached hydrogens (tertiary/aromatic N) is 5. The molecule has 124 valence electrons. The topological polar surface area (TPSA) is 86.8 Å². The summed E-state index contributed by atoms with van der Waals surface area (Å²) in [4.78, 5) is 22.9. The summed E-state index contributed by atoms with van der Waals surface area (Å²) in [6.07, 6.45) is 5.02. The molecular weight excluding hydrogens is 304 g/mol. The first-order valence-electron chi connectivity index (χ1n) is 7.98. The second-order valence-corrected chi connectivity index (χ2v) is 6.08. The molecule has 0 spiro atoms. The molecule has 24 heavy (non-hydrogen) atoms. The maximum absolute atomic E-state index is 12.4. The Morgan fingerprint density at radius 2 is 2.29 bits per heavy atom. The number of piperidine rings is 1. The molecule has 0 saturated carbocycles. The molecule has 1 atom stereocenters. The van der Waals surface area contributed by atoms with E-state index in [1.54, 1.807) is 30.2 Å². The lowest BCUT2D eigenvalue weighted by molar-refractivity contribution is 0.0925. The van der Waals surface area contributed by atoms with Crippen LogP contribution in [0.1, 0.15) is 34.6 Å². The molecular formula is C17H20N6O. The van der Waals surface area contributed by atoms with Gasteiger partial charge in [-0.25, -0.2) is 9.97 Å². The molecule has 0 bridgehead atoms. The number of carbonyl (C=O) groups is 1. The third-order valence-corrected chi connectivity index (χ3v) is 4.24. The summed E-state index contributed by atoms with van der Waals surface area (Å²) in [5.41, 5.74) is 1.99. The minimum atomic E-state index is -0.125. The lowest BCUT2D eigenvalue weighted by atomic mass is 10.0. The number of carbonyl (C=O) groups excluding carboxylic acids is 1. The molecule has 1 fully saturated rings. The van der Waals surface area contributed by atoms with E-state index in [4.69, 9.17) is 0 Å². The van der Waals surface area contributed by atoms with Gasteiger partial charge in [0.25, 0.3) is 5.91 Å². The number of hydrogen-bond donors (Lipinski definition) is 1. The third kappa shape index (κ3) is 3.23. The Kier molecular flexibility index (Phi) is 4.47. The summed E-state index contributed by atoms with van der Waals surface area (Å²) < 4.78 is 1.70. The zero-order valence-corrected chi connectivity index (χ0v) is 13.9. The fraction of sp³-hybridized carbons (Fsp3) is 0.412. The van der Waals surface area contributed by atoms with Gasteiger partial charge >= 0.3 is 0 Å². The Balaban J connectivity index is 1.73. The molecule has 2 aromatic heterocycles. The molecule has 1 unspecified atom stereocenters. The summed E-state index contributed by atoms with van der Waals surface area (Å²) in [6.45, 7) is 3.40. The number of amides is 1. The number of anilines is 1. The van der Waals surface area contributed by atoms with Gasteiger partial charge in [0.05, 0.1) is 18.1 Å². The fourth-order valence-corrected chi connectivity index (χ4v) is 2.99. The van der Waals surface area contributed by atoms with Crippen molar-refractivity contribution >= 4 is 11.7 Å². The Labute approximate surface area is 140 Å². The number of aryl methyl sites for hydroxylation is 2. The van der Waals surface area contributed by atoms with E-state index >= 15 is 0 Å². The van der Waals surface area contributed by atoms with Crippen molar-refractivity contribution in [2.45, 2.75) is 25.8 Å². The van der Waals surface area contributed by atoms with E-state index in [-0.39, 0.29) is 11.9 Å². The van der Waals surface area contributed by atoms with E-state index in [0.717, 1.165) is 25.1 Å². The second kappa shape index (κ2) is 6.71. The molecule has 3 heterocycles. The average Bonchev–Trinajstić information content (AvgIpc) is 3.01. The standard InChI is InChI=1S/C17H20N6O/c1-12-5-6-13(8-18)16(20-12)23-7-3-4-14(10-23)21-17(24)15-9-19-11-22(15)2/h5-6,9,11,14H,3-4,7,10H2,1-2H3,(H,21,24). The predicted molar refractivity (Wildman–Crippen MR) is 89.6 cm³/mol. The fourth-order valence-electron chi connectivity index (χ4n) is 2.99. The SMILES string of the molecule is Cc1ccc(C#N)c(N2CCCC(NC(=O)c3cncn3C)C2)n1. The minimum absolute atomic E-state index is 0.0232. The zero-order valence-electron chi connectivity index (χ0n) is 13.9. The maximum Gasteiger partial charge on any atom is 0.269 e. The highest BCUT2D eigenvalue weighted by atomic mass is 16.2. The van der Waals surface area contributed by atoms with E-state index in [2.05, 4.69) is 26.3 Å². The second-order valence-electron chi connectivity index (χ2n) is 6.08. The number of rotatable bonds is 3. The van der Waals surface area contributed by atoms with Crippen LogP contribution in [0.5, 0.6) is 0 Å². The summed E-state index contributed by atoms with van der Waals surface area (Å²) in [5, 5.41) is 12.4. The highest BCUT2D eigenvalue weighted by Crippen LogP contribution is 2.22. The van der Waals surface area contributed by atoms with Crippen LogP contribution in [-0.2, 0) is 7.05 Å². The van der Waals surface area contributed by atoms with Crippen molar-refractivity contribution in [1.29, 1.82) is 5.26 Å². The van der Waals surface area contributed by atoms with Crippen LogP contribution in [0, 0.1) is 18.3 Å². The highest BCUT2D eigenvalue weighted by Gasteiger charge is 2.25. The van der Waals surface area contributed by atoms with Crippen molar-refractivity contribution in [2.24, 2.45) is 7.05 Å². The molecule has 2 aromatic rings. The molecule has 3 rings (SSSR count). The van der Waals surface area contributed by atoms with Gasteiger partial charge < -0.3 is 14.8 Å². The van der Waals surface area contributed by atoms with Crippen LogP contribution >= 0.6 is 0 Å². The molecule has 1 N–H and O–H groups in total. The van der Waals surface area contributed by atoms with Gasteiger partial charge in [0.2, 0.25) is 0 Å². The molecule has 0 aromatic carbocycles. The van der Waals surface area contributed by atoms with E-state index < -0.39 is 0 Å². The number of nitriles is 1. The summed E-state index contributed by atoms with van der Waals surface area (Å²) >= 11 is 0. The van der Waals surface area contributed by atoms with Crippen molar-refractivity contribution in [3.63, 3.8) is 0 Å². The van der Waals surface area contributed by atoms with Gasteiger partial charge in [0.15, 0.2) is 0 Å². The number of pyridine rings is 1. The third-order valence-electron chi connectivity index (χ3n) is 4.24. The lowest BCUT2D eigenvalue weighted by Crippen LogP contribution is -2.48. The van der Waals surface area contributed by atoms with Crippen LogP contribution in [0.25, 0.3) is 0 Å². The van der Waals surface area contributed by atoms with Crippen LogP contribution in [0.15, 0.2) is 24.7 Å². The summed E-state index contributed by atoms with van der Waals surface area (Å²) in [6, 6.07) is 5.87. The average molecular weight is 324 g/mol. The van der Waals surface area contributed by atoms with E-state index in [1.165, 1.54) is 0 Å². The molecule has 1 amide bonds. The van der Waals surface area contributed by atoms with Gasteiger partial charge in [0.1, 0.15) is 17.6 Å². The first kappa shape index (κ1) is 16.0. The molecule has 7 nitrogen and oxygen atoms in total. The summed E-state index contributed by atoms with van der Waals surface area (Å²) in [7, 11) is 1.80. The monoisotopic (exact) mass is 324 g/mol. The Bertz CT molecular complexity index is 791. The van der Waals surface area contributed by atoms with Crippen LogP contribution < -0.4 is 10.2 Å². The normalized spacial score (nSPS) is 17.4. The van der Waals surface area contributed by atoms with Gasteiger partial charge in [-0.3, -0.25) is 4.79 Å². The van der Waals surface area contributed by atoms with Gasteiger partial charge in [-0.05, 0) is 31.9 Å². The van der Waals surface area contributed by atoms with Crippen molar-refractivity contribution in [1.82, 2.24) is 19.9 Å². The Hall–Kier alpha value is -2.88. The molecule has 1 aliphatic heterocycles. The predicted octanol–water partition coefficient (Wildman–Crippen LogP) is 1.39. The first-order valence-corrected chi connectivity index (χ1v) is 7.98. The number of nitrogens with one attached hydrogen (secondary N) is 1. The van der Waals surface area contributed by atoms with E-state index in [0.29, 0.717) is 23.6 Å². The number of imidazole rings is 1. The quantitative estimate of drug-likeness (QED) is 0.922. The maximum atomic E-state index is 12.4. The molecule has 1 aliphatic rings. The molecule has 1 saturated heterocycles. The molecule has 7 heteroatoms. The number of hydrogen-bond acceptors (Lipinski definition) is 5. The van der Waals surface area contributed by atoms with Crippen molar-refractivity contribution in [3.05, 3.63) is 41.6 Å². The zero-order chi connectivity index (χ0) is 17.1. The molecule has 0 aliphatic carbocycles. The molecule has 0 radical (unpaired) electrons. The van der Waals surface area contributed by atoms with Crippen molar-refractivity contribution < 1.29 is 4.79 Å². The lowest BCUT2D eigenvalue weighted by Gasteiger charge is -2.34. The van der Waals surface area contributed by atoms with E-state index in [9.17, 15) is 10.1 Å². The van der Waals surface area contributed by atoms with Crippen LogP contribution in [0.2, 0.25) is 0 Å². The smallest absolute Gasteiger partial charge is 0.269 e. The number of aromatic nitrogens is 3. The summed E-state index contributed by atoms with van der Waals surface area (Å²) in [5.74, 6) is 0.580. The van der Waals surface area contributed by atoms with Crippen molar-refractivity contribution in [2.75, 3.05) is 18.0 Å². The van der Waals surface area contributed by atoms with Gasteiger partial charge in [0, 0.05) is 31.9 Å². The van der Waals surface area contributed by atoms with E-state index in [1.807, 2.05) is 13.0 Å². The van der Waals surface area contributed by atoms with Crippen LogP contribution in [0.3, 0.4) is 0 Å². The minimum Gasteiger partial charge on any atom is -0.353 e. The first-order chi connectivity index (χ1) is 11.6. The van der Waals surface area contributed by atoms with Gasteiger partial charge in [-0.2, -0.15) is 5.26 Å². The van der Waals surface area contributed by atoms with Gasteiger partial charge in [-0.15, -0.1) is 0 Å².